The SMILES string of the molecule is CC(C)(C)[Si](C)(C)O[Si](O)(C(c1ccccc1)([Si](C)(C)C)[Si](C)(C)C)[Si](C)(C)C. The first-order chi connectivity index (χ1) is 12.6. The first-order valence-electron chi connectivity index (χ1n) is 11.0. The van der Waals surface area contributed by atoms with Crippen molar-refractivity contribution in [1.82, 2.24) is 0 Å². The summed E-state index contributed by atoms with van der Waals surface area (Å²) in [6.07, 6.45) is 0. The van der Waals surface area contributed by atoms with E-state index in [0.29, 0.717) is 0 Å². The van der Waals surface area contributed by atoms with Crippen molar-refractivity contribution in [3.8, 4) is 0 Å². The third-order valence-electron chi connectivity index (χ3n) is 7.19. The average molecular weight is 485 g/mol. The molecule has 29 heavy (non-hydrogen) atoms. The summed E-state index contributed by atoms with van der Waals surface area (Å²) < 4.78 is 7.22. The van der Waals surface area contributed by atoms with Crippen molar-refractivity contribution < 1.29 is 8.91 Å². The Kier molecular flexibility index (Phi) is 7.49. The van der Waals surface area contributed by atoms with Crippen LogP contribution in [-0.4, -0.2) is 44.9 Å². The topological polar surface area (TPSA) is 29.5 Å². The van der Waals surface area contributed by atoms with Gasteiger partial charge in [0, 0.05) is 4.28 Å². The van der Waals surface area contributed by atoms with Gasteiger partial charge in [0.1, 0.15) is 7.59 Å². The van der Waals surface area contributed by atoms with Crippen LogP contribution in [0.2, 0.25) is 77.1 Å². The van der Waals surface area contributed by atoms with Gasteiger partial charge in [-0.25, -0.2) is 0 Å². The van der Waals surface area contributed by atoms with Crippen molar-refractivity contribution in [1.29, 1.82) is 0 Å². The van der Waals surface area contributed by atoms with E-state index in [4.69, 9.17) is 4.12 Å². The molecule has 0 saturated heterocycles. The van der Waals surface area contributed by atoms with Gasteiger partial charge in [-0.3, -0.25) is 0 Å². The fourth-order valence-corrected chi connectivity index (χ4v) is 55.4. The second kappa shape index (κ2) is 7.97. The van der Waals surface area contributed by atoms with Gasteiger partial charge in [-0.1, -0.05) is 110 Å². The number of hydrogen-bond donors (Lipinski definition) is 1. The van der Waals surface area contributed by atoms with Crippen LogP contribution in [0.5, 0.6) is 0 Å². The minimum absolute atomic E-state index is 0.0783. The summed E-state index contributed by atoms with van der Waals surface area (Å²) in [5, 5.41) is 0.0783. The lowest BCUT2D eigenvalue weighted by Crippen LogP contribution is -2.86. The fraction of sp³-hybridized carbons (Fsp3) is 0.727. The van der Waals surface area contributed by atoms with Gasteiger partial charge in [0.25, 0.3) is 0 Å². The van der Waals surface area contributed by atoms with Crippen LogP contribution in [0.1, 0.15) is 26.3 Å². The Morgan fingerprint density at radius 1 is 0.690 bits per heavy atom. The molecule has 7 heteroatoms. The van der Waals surface area contributed by atoms with Crippen LogP contribution in [0.25, 0.3) is 0 Å². The summed E-state index contributed by atoms with van der Waals surface area (Å²) in [6.45, 7) is 33.5. The van der Waals surface area contributed by atoms with Gasteiger partial charge >= 0.3 is 8.08 Å². The van der Waals surface area contributed by atoms with Gasteiger partial charge in [0.05, 0.1) is 16.1 Å². The molecule has 1 unspecified atom stereocenters. The lowest BCUT2D eigenvalue weighted by molar-refractivity contribution is 0.359. The molecular weight excluding hydrogens is 437 g/mol. The minimum atomic E-state index is -3.16. The standard InChI is InChI=1S/C22H48O2Si5/c1-21(2,3)28(13,14)24-29(23,27(10,11)12)22(25(4,5)6,26(7,8)9)20-18-16-15-17-19-20/h15-19,23H,1-14H3. The molecule has 2 nitrogen and oxygen atoms in total. The molecule has 1 atom stereocenters. The van der Waals surface area contributed by atoms with Crippen LogP contribution in [0, 0.1) is 0 Å². The number of hydrogen-bond acceptors (Lipinski definition) is 2. The van der Waals surface area contributed by atoms with Crippen molar-refractivity contribution >= 4 is 40.1 Å². The molecule has 0 fully saturated rings. The molecule has 0 aliphatic carbocycles. The van der Waals surface area contributed by atoms with E-state index < -0.39 is 40.1 Å². The van der Waals surface area contributed by atoms with E-state index in [1.165, 1.54) is 5.56 Å². The highest BCUT2D eigenvalue weighted by molar-refractivity contribution is 7.44. The van der Waals surface area contributed by atoms with E-state index in [1.807, 2.05) is 0 Å². The van der Waals surface area contributed by atoms with Crippen molar-refractivity contribution in [2.75, 3.05) is 0 Å². The predicted molar refractivity (Wildman–Crippen MR) is 144 cm³/mol. The Hall–Kier alpha value is 0.224. The van der Waals surface area contributed by atoms with Gasteiger partial charge in [0.2, 0.25) is 0 Å². The summed E-state index contributed by atoms with van der Waals surface area (Å²) in [4.78, 5) is 13.2. The summed E-state index contributed by atoms with van der Waals surface area (Å²) in [5.41, 5.74) is 1.36. The maximum Gasteiger partial charge on any atom is 0.308 e. The molecule has 1 rings (SSSR count). The summed E-state index contributed by atoms with van der Waals surface area (Å²) in [6, 6.07) is 11.0. The van der Waals surface area contributed by atoms with Crippen LogP contribution in [0.15, 0.2) is 30.3 Å². The maximum absolute atomic E-state index is 13.2. The van der Waals surface area contributed by atoms with E-state index >= 15 is 0 Å². The third kappa shape index (κ3) is 4.56. The van der Waals surface area contributed by atoms with Crippen molar-refractivity contribution in [3.63, 3.8) is 0 Å². The molecule has 0 spiro atoms. The highest BCUT2D eigenvalue weighted by atomic mass is 29.3. The zero-order chi connectivity index (χ0) is 23.3. The molecule has 1 aromatic rings. The van der Waals surface area contributed by atoms with E-state index in [0.717, 1.165) is 0 Å². The van der Waals surface area contributed by atoms with Crippen LogP contribution in [0.4, 0.5) is 0 Å². The monoisotopic (exact) mass is 484 g/mol. The molecule has 0 aliphatic rings. The zero-order valence-electron chi connectivity index (χ0n) is 21.7. The first kappa shape index (κ1) is 27.3. The second-order valence-corrected chi connectivity index (χ2v) is 43.8. The van der Waals surface area contributed by atoms with Gasteiger partial charge in [-0.15, -0.1) is 0 Å². The lowest BCUT2D eigenvalue weighted by atomic mass is 10.2. The Morgan fingerprint density at radius 3 is 1.34 bits per heavy atom. The lowest BCUT2D eigenvalue weighted by Gasteiger charge is -2.64. The second-order valence-electron chi connectivity index (χ2n) is 13.4. The highest BCUT2D eigenvalue weighted by Gasteiger charge is 2.73. The molecule has 0 radical (unpaired) electrons. The normalized spacial score (nSPS) is 17.2. The molecule has 1 N–H and O–H groups in total. The number of benzene rings is 1. The molecular formula is C22H48O2Si5. The maximum atomic E-state index is 13.2. The van der Waals surface area contributed by atoms with Gasteiger partial charge < -0.3 is 8.91 Å². The Balaban J connectivity index is 4.15. The fourth-order valence-electron chi connectivity index (χ4n) is 5.21. The molecule has 0 aliphatic heterocycles. The smallest absolute Gasteiger partial charge is 0.308 e. The quantitative estimate of drug-likeness (QED) is 0.418. The Morgan fingerprint density at radius 2 is 1.07 bits per heavy atom. The van der Waals surface area contributed by atoms with Crippen LogP contribution in [0.3, 0.4) is 0 Å². The Bertz CT molecular complexity index is 677. The van der Waals surface area contributed by atoms with Gasteiger partial charge in [0.15, 0.2) is 8.32 Å². The molecule has 0 aromatic heterocycles. The van der Waals surface area contributed by atoms with E-state index in [9.17, 15) is 4.80 Å². The van der Waals surface area contributed by atoms with Crippen molar-refractivity contribution in [2.45, 2.75) is 102 Å². The molecule has 1 aromatic carbocycles. The summed E-state index contributed by atoms with van der Waals surface area (Å²) in [5.74, 6) is 0. The minimum Gasteiger partial charge on any atom is -0.438 e. The van der Waals surface area contributed by atoms with Crippen LogP contribution >= 0.6 is 0 Å². The molecule has 0 saturated carbocycles. The Labute approximate surface area is 186 Å². The van der Waals surface area contributed by atoms with Crippen molar-refractivity contribution in [2.24, 2.45) is 0 Å². The third-order valence-corrected chi connectivity index (χ3v) is 43.1. The van der Waals surface area contributed by atoms with Crippen molar-refractivity contribution in [3.05, 3.63) is 35.9 Å². The highest BCUT2D eigenvalue weighted by Crippen LogP contribution is 2.53. The molecule has 0 bridgehead atoms. The van der Waals surface area contributed by atoms with Gasteiger partial charge in [-0.05, 0) is 23.7 Å². The van der Waals surface area contributed by atoms with Crippen LogP contribution in [-0.2, 0) is 8.40 Å². The van der Waals surface area contributed by atoms with Crippen LogP contribution < -0.4 is 0 Å². The first-order valence-corrected chi connectivity index (χ1v) is 27.3. The van der Waals surface area contributed by atoms with E-state index in [2.05, 4.69) is 123 Å². The molecule has 0 amide bonds. The molecule has 168 valence electrons. The predicted octanol–water partition coefficient (Wildman–Crippen LogP) is 7.09. The largest absolute Gasteiger partial charge is 0.438 e. The molecule has 0 heterocycles. The zero-order valence-corrected chi connectivity index (χ0v) is 26.7. The summed E-state index contributed by atoms with van der Waals surface area (Å²) in [7, 11) is -11.2. The number of rotatable bonds is 7. The van der Waals surface area contributed by atoms with E-state index in [1.54, 1.807) is 0 Å². The average Bonchev–Trinajstić information content (AvgIpc) is 2.42. The summed E-state index contributed by atoms with van der Waals surface area (Å²) >= 11 is 0. The van der Waals surface area contributed by atoms with Gasteiger partial charge in [-0.2, -0.15) is 0 Å². The van der Waals surface area contributed by atoms with E-state index in [-0.39, 0.29) is 9.32 Å².